The largest absolute Gasteiger partial charge is 0.340 e. The van der Waals surface area contributed by atoms with E-state index in [1.807, 2.05) is 72.8 Å². The van der Waals surface area contributed by atoms with E-state index in [1.165, 1.54) is 12.1 Å². The van der Waals surface area contributed by atoms with Crippen molar-refractivity contribution in [2.45, 2.75) is 4.90 Å². The van der Waals surface area contributed by atoms with Crippen LogP contribution in [-0.2, 0) is 10.1 Å². The molecule has 220 valence electrons. The van der Waals surface area contributed by atoms with Crippen LogP contribution in [0.4, 0.5) is 11.5 Å². The molecule has 3 aromatic carbocycles. The minimum Gasteiger partial charge on any atom is -0.340 e. The van der Waals surface area contributed by atoms with Gasteiger partial charge in [-0.05, 0) is 56.1 Å². The lowest BCUT2D eigenvalue weighted by Gasteiger charge is -2.11. The lowest BCUT2D eigenvalue weighted by Crippen LogP contribution is -2.03. The fourth-order valence-electron chi connectivity index (χ4n) is 4.30. The van der Waals surface area contributed by atoms with Gasteiger partial charge in [-0.15, -0.1) is 0 Å². The predicted molar refractivity (Wildman–Crippen MR) is 177 cm³/mol. The molecule has 4 aromatic heterocycles. The van der Waals surface area contributed by atoms with E-state index in [4.69, 9.17) is 16.2 Å². The molecule has 0 saturated heterocycles. The highest BCUT2D eigenvalue weighted by Gasteiger charge is 2.13. The first-order valence-corrected chi connectivity index (χ1v) is 16.3. The Balaban J connectivity index is 0.000000173. The first-order valence-electron chi connectivity index (χ1n) is 12.9. The van der Waals surface area contributed by atoms with Gasteiger partial charge in [-0.3, -0.25) is 4.55 Å². The summed E-state index contributed by atoms with van der Waals surface area (Å²) in [4.78, 5) is 9.02. The number of aromatic nitrogens is 6. The molecule has 10 nitrogen and oxygen atoms in total. The molecule has 0 saturated carbocycles. The fraction of sp³-hybridized carbons (Fsp3) is 0. The Kier molecular flexibility index (Phi) is 8.47. The lowest BCUT2D eigenvalue weighted by molar-refractivity contribution is 0.483. The summed E-state index contributed by atoms with van der Waals surface area (Å²) in [6.07, 6.45) is 3.34. The second-order valence-electron chi connectivity index (χ2n) is 9.30. The van der Waals surface area contributed by atoms with Gasteiger partial charge in [0.1, 0.15) is 11.0 Å². The molecule has 0 aliphatic heterocycles. The van der Waals surface area contributed by atoms with Crippen molar-refractivity contribution in [2.24, 2.45) is 0 Å². The van der Waals surface area contributed by atoms with Crippen molar-refractivity contribution in [3.05, 3.63) is 124 Å². The molecule has 0 radical (unpaired) electrons. The Hall–Kier alpha value is -4.14. The number of rotatable bonds is 5. The fourth-order valence-corrected chi connectivity index (χ4v) is 5.70. The summed E-state index contributed by atoms with van der Waals surface area (Å²) in [7, 11) is -4.23. The van der Waals surface area contributed by atoms with Crippen LogP contribution < -0.4 is 5.32 Å². The summed E-state index contributed by atoms with van der Waals surface area (Å²) in [6, 6.07) is 29.1. The molecule has 0 aliphatic carbocycles. The van der Waals surface area contributed by atoms with E-state index in [0.717, 1.165) is 37.1 Å². The van der Waals surface area contributed by atoms with Crippen molar-refractivity contribution < 1.29 is 13.0 Å². The molecule has 0 amide bonds. The first-order chi connectivity index (χ1) is 21.2. The van der Waals surface area contributed by atoms with E-state index >= 15 is 0 Å². The molecule has 14 heteroatoms. The highest BCUT2D eigenvalue weighted by Crippen LogP contribution is 2.28. The molecular formula is C30H20Br2ClN7O3S. The van der Waals surface area contributed by atoms with Gasteiger partial charge in [0.15, 0.2) is 11.3 Å². The molecule has 4 heterocycles. The van der Waals surface area contributed by atoms with Gasteiger partial charge in [-0.1, -0.05) is 72.3 Å². The van der Waals surface area contributed by atoms with Crippen LogP contribution >= 0.6 is 43.5 Å². The normalized spacial score (nSPS) is 11.4. The third kappa shape index (κ3) is 6.37. The summed E-state index contributed by atoms with van der Waals surface area (Å²) in [5, 5.41) is 12.2. The first kappa shape index (κ1) is 29.9. The van der Waals surface area contributed by atoms with Crippen LogP contribution in [0.2, 0.25) is 5.15 Å². The number of halogens is 3. The van der Waals surface area contributed by atoms with E-state index < -0.39 is 10.1 Å². The third-order valence-electron chi connectivity index (χ3n) is 6.38. The van der Waals surface area contributed by atoms with Crippen LogP contribution in [0, 0.1) is 0 Å². The van der Waals surface area contributed by atoms with Gasteiger partial charge >= 0.3 is 0 Å². The molecule has 0 aliphatic rings. The van der Waals surface area contributed by atoms with E-state index in [2.05, 4.69) is 57.3 Å². The maximum absolute atomic E-state index is 11.2. The molecule has 0 bridgehead atoms. The molecule has 7 rings (SSSR count). The highest BCUT2D eigenvalue weighted by molar-refractivity contribution is 9.11. The molecule has 0 spiro atoms. The second kappa shape index (κ2) is 12.5. The van der Waals surface area contributed by atoms with Crippen LogP contribution in [0.15, 0.2) is 123 Å². The Labute approximate surface area is 273 Å². The number of nitrogens with zero attached hydrogens (tertiary/aromatic N) is 6. The van der Waals surface area contributed by atoms with Gasteiger partial charge in [0, 0.05) is 28.9 Å². The predicted octanol–water partition coefficient (Wildman–Crippen LogP) is 7.96. The van der Waals surface area contributed by atoms with E-state index in [1.54, 1.807) is 33.6 Å². The molecule has 0 fully saturated rings. The van der Waals surface area contributed by atoms with Crippen LogP contribution in [0.1, 0.15) is 0 Å². The zero-order valence-electron chi connectivity index (χ0n) is 22.4. The van der Waals surface area contributed by atoms with Crippen LogP contribution in [0.3, 0.4) is 0 Å². The molecule has 2 N–H and O–H groups in total. The zero-order chi connectivity index (χ0) is 30.8. The van der Waals surface area contributed by atoms with Crippen molar-refractivity contribution in [1.29, 1.82) is 0 Å². The van der Waals surface area contributed by atoms with Gasteiger partial charge in [-0.2, -0.15) is 23.1 Å². The maximum atomic E-state index is 11.2. The van der Waals surface area contributed by atoms with E-state index in [9.17, 15) is 8.42 Å². The summed E-state index contributed by atoms with van der Waals surface area (Å²) >= 11 is 13.0. The quantitative estimate of drug-likeness (QED) is 0.134. The lowest BCUT2D eigenvalue weighted by atomic mass is 10.1. The highest BCUT2D eigenvalue weighted by atomic mass is 79.9. The van der Waals surface area contributed by atoms with Crippen molar-refractivity contribution in [3.63, 3.8) is 0 Å². The number of benzene rings is 3. The van der Waals surface area contributed by atoms with Crippen molar-refractivity contribution in [3.8, 4) is 22.5 Å². The van der Waals surface area contributed by atoms with Crippen molar-refractivity contribution in [1.82, 2.24) is 29.2 Å². The summed E-state index contributed by atoms with van der Waals surface area (Å²) < 4.78 is 36.3. The van der Waals surface area contributed by atoms with Gasteiger partial charge < -0.3 is 5.32 Å². The van der Waals surface area contributed by atoms with E-state index in [-0.39, 0.29) is 4.90 Å². The third-order valence-corrected chi connectivity index (χ3v) is 8.63. The minimum atomic E-state index is -4.23. The Morgan fingerprint density at radius 1 is 0.705 bits per heavy atom. The van der Waals surface area contributed by atoms with Gasteiger partial charge in [0.25, 0.3) is 10.1 Å². The molecular weight excluding hydrogens is 734 g/mol. The SMILES string of the molecule is Clc1cc(-c2ccccc2)nc2c(Br)cnn12.O=S(=O)(O)c1ccc(Nc2cc(-c3ccccc3)nc3c(Br)cnn23)cc1. The average molecular weight is 754 g/mol. The van der Waals surface area contributed by atoms with Crippen LogP contribution in [0.25, 0.3) is 33.8 Å². The van der Waals surface area contributed by atoms with Crippen molar-refractivity contribution in [2.75, 3.05) is 5.32 Å². The summed E-state index contributed by atoms with van der Waals surface area (Å²) in [6.45, 7) is 0. The smallest absolute Gasteiger partial charge is 0.294 e. The summed E-state index contributed by atoms with van der Waals surface area (Å²) in [5.41, 5.74) is 5.60. The van der Waals surface area contributed by atoms with Crippen molar-refractivity contribution >= 4 is 76.4 Å². The topological polar surface area (TPSA) is 127 Å². The Morgan fingerprint density at radius 3 is 1.75 bits per heavy atom. The average Bonchev–Trinajstić information content (AvgIpc) is 3.60. The number of hydrogen-bond acceptors (Lipinski definition) is 7. The standard InChI is InChI=1S/C18H13BrN4O3S.C12H7BrClN3/c19-15-11-20-23-17(21-13-6-8-14(9-7-13)27(24,25)26)10-16(22-18(15)23)12-4-2-1-3-5-12;13-9-7-15-17-11(14)6-10(16-12(9)17)8-4-2-1-3-5-8/h1-11,21H,(H,24,25,26);1-7H. The minimum absolute atomic E-state index is 0.167. The second-order valence-corrected chi connectivity index (χ2v) is 12.8. The monoisotopic (exact) mass is 751 g/mol. The number of hydrogen-bond donors (Lipinski definition) is 2. The van der Waals surface area contributed by atoms with Gasteiger partial charge in [-0.25, -0.2) is 14.5 Å². The molecule has 0 atom stereocenters. The number of fused-ring (bicyclic) bond motifs is 2. The number of nitrogens with one attached hydrogen (secondary N) is 1. The summed E-state index contributed by atoms with van der Waals surface area (Å²) in [5.74, 6) is 0.657. The Bertz CT molecular complexity index is 2210. The number of anilines is 2. The molecule has 7 aromatic rings. The Morgan fingerprint density at radius 2 is 1.20 bits per heavy atom. The van der Waals surface area contributed by atoms with Crippen LogP contribution in [-0.4, -0.2) is 42.2 Å². The maximum Gasteiger partial charge on any atom is 0.294 e. The van der Waals surface area contributed by atoms with Gasteiger partial charge in [0.05, 0.1) is 37.6 Å². The molecule has 44 heavy (non-hydrogen) atoms. The van der Waals surface area contributed by atoms with Gasteiger partial charge in [0.2, 0.25) is 0 Å². The zero-order valence-corrected chi connectivity index (χ0v) is 27.1. The van der Waals surface area contributed by atoms with E-state index in [0.29, 0.717) is 22.3 Å². The van der Waals surface area contributed by atoms with Crippen LogP contribution in [0.5, 0.6) is 0 Å². The molecule has 0 unspecified atom stereocenters.